The van der Waals surface area contributed by atoms with E-state index in [1.807, 2.05) is 12.1 Å². The van der Waals surface area contributed by atoms with Crippen LogP contribution in [0.25, 0.3) is 0 Å². The summed E-state index contributed by atoms with van der Waals surface area (Å²) in [5.74, 6) is 0.955. The number of nitriles is 1. The van der Waals surface area contributed by atoms with Crippen molar-refractivity contribution in [3.05, 3.63) is 23.9 Å². The number of nitrogens with zero attached hydrogens (tertiary/aromatic N) is 3. The van der Waals surface area contributed by atoms with Gasteiger partial charge in [0.25, 0.3) is 0 Å². The summed E-state index contributed by atoms with van der Waals surface area (Å²) in [6, 6.07) is 7.74. The average Bonchev–Trinajstić information content (AvgIpc) is 2.58. The van der Waals surface area contributed by atoms with Gasteiger partial charge < -0.3 is 4.90 Å². The molecule has 1 aliphatic heterocycles. The topological polar surface area (TPSA) is 39.9 Å². The summed E-state index contributed by atoms with van der Waals surface area (Å²) in [5.41, 5.74) is 0.511. The van der Waals surface area contributed by atoms with E-state index in [1.54, 1.807) is 6.07 Å². The van der Waals surface area contributed by atoms with Crippen molar-refractivity contribution >= 4 is 5.82 Å². The predicted molar refractivity (Wildman–Crippen MR) is 59.6 cm³/mol. The molecule has 2 heterocycles. The van der Waals surface area contributed by atoms with Crippen molar-refractivity contribution in [2.24, 2.45) is 0 Å². The van der Waals surface area contributed by atoms with Gasteiger partial charge in [-0.1, -0.05) is 18.9 Å². The Morgan fingerprint density at radius 3 is 2.53 bits per heavy atom. The van der Waals surface area contributed by atoms with E-state index in [2.05, 4.69) is 16.0 Å². The Balaban J connectivity index is 2.16. The SMILES string of the molecule is N#Cc1cccc(N2CCCCCC2)n1. The zero-order chi connectivity index (χ0) is 10.5. The summed E-state index contributed by atoms with van der Waals surface area (Å²) in [7, 11) is 0. The van der Waals surface area contributed by atoms with Gasteiger partial charge in [-0.2, -0.15) is 5.26 Å². The largest absolute Gasteiger partial charge is 0.357 e. The maximum atomic E-state index is 8.78. The predicted octanol–water partition coefficient (Wildman–Crippen LogP) is 2.33. The minimum atomic E-state index is 0.511. The summed E-state index contributed by atoms with van der Waals surface area (Å²) in [4.78, 5) is 6.61. The molecule has 0 amide bonds. The summed E-state index contributed by atoms with van der Waals surface area (Å²) in [6.07, 6.45) is 5.10. The maximum Gasteiger partial charge on any atom is 0.142 e. The lowest BCUT2D eigenvalue weighted by Crippen LogP contribution is -2.24. The molecule has 3 heteroatoms. The van der Waals surface area contributed by atoms with Crippen molar-refractivity contribution in [1.29, 1.82) is 5.26 Å². The Morgan fingerprint density at radius 1 is 1.13 bits per heavy atom. The molecule has 3 nitrogen and oxygen atoms in total. The molecular formula is C12H15N3. The molecule has 1 fully saturated rings. The molecule has 0 atom stereocenters. The molecule has 0 aromatic carbocycles. The molecule has 0 aliphatic carbocycles. The molecule has 1 aromatic rings. The van der Waals surface area contributed by atoms with Crippen molar-refractivity contribution in [3.63, 3.8) is 0 Å². The first-order valence-electron chi connectivity index (χ1n) is 5.52. The van der Waals surface area contributed by atoms with E-state index in [9.17, 15) is 0 Å². The quantitative estimate of drug-likeness (QED) is 0.700. The highest BCUT2D eigenvalue weighted by Crippen LogP contribution is 2.17. The molecule has 2 rings (SSSR count). The summed E-state index contributed by atoms with van der Waals surface area (Å²) < 4.78 is 0. The van der Waals surface area contributed by atoms with Crippen LogP contribution in [0.3, 0.4) is 0 Å². The van der Waals surface area contributed by atoms with Crippen LogP contribution in [0.15, 0.2) is 18.2 Å². The number of pyridine rings is 1. The fraction of sp³-hybridized carbons (Fsp3) is 0.500. The van der Waals surface area contributed by atoms with Crippen LogP contribution in [-0.2, 0) is 0 Å². The lowest BCUT2D eigenvalue weighted by atomic mass is 10.2. The molecule has 1 aromatic heterocycles. The van der Waals surface area contributed by atoms with Crippen LogP contribution in [-0.4, -0.2) is 18.1 Å². The normalized spacial score (nSPS) is 16.9. The monoisotopic (exact) mass is 201 g/mol. The second kappa shape index (κ2) is 4.79. The molecule has 78 valence electrons. The van der Waals surface area contributed by atoms with Crippen molar-refractivity contribution in [1.82, 2.24) is 4.98 Å². The van der Waals surface area contributed by atoms with Gasteiger partial charge >= 0.3 is 0 Å². The van der Waals surface area contributed by atoms with Gasteiger partial charge in [0.15, 0.2) is 0 Å². The lowest BCUT2D eigenvalue weighted by molar-refractivity contribution is 0.726. The highest BCUT2D eigenvalue weighted by Gasteiger charge is 2.10. The van der Waals surface area contributed by atoms with E-state index in [0.717, 1.165) is 18.9 Å². The number of hydrogen-bond acceptors (Lipinski definition) is 3. The lowest BCUT2D eigenvalue weighted by Gasteiger charge is -2.21. The second-order valence-corrected chi connectivity index (χ2v) is 3.89. The first-order valence-corrected chi connectivity index (χ1v) is 5.52. The van der Waals surface area contributed by atoms with Gasteiger partial charge in [0, 0.05) is 13.1 Å². The average molecular weight is 201 g/mol. The van der Waals surface area contributed by atoms with Gasteiger partial charge in [0.2, 0.25) is 0 Å². The second-order valence-electron chi connectivity index (χ2n) is 3.89. The third-order valence-electron chi connectivity index (χ3n) is 2.78. The van der Waals surface area contributed by atoms with Crippen LogP contribution >= 0.6 is 0 Å². The fourth-order valence-electron chi connectivity index (χ4n) is 1.96. The smallest absolute Gasteiger partial charge is 0.142 e. The highest BCUT2D eigenvalue weighted by atomic mass is 15.2. The molecule has 0 bridgehead atoms. The first kappa shape index (κ1) is 9.97. The van der Waals surface area contributed by atoms with Gasteiger partial charge in [-0.3, -0.25) is 0 Å². The van der Waals surface area contributed by atoms with Gasteiger partial charge in [0.1, 0.15) is 17.6 Å². The van der Waals surface area contributed by atoms with Crippen molar-refractivity contribution in [2.75, 3.05) is 18.0 Å². The van der Waals surface area contributed by atoms with Crippen LogP contribution in [0.1, 0.15) is 31.4 Å². The van der Waals surface area contributed by atoms with Crippen LogP contribution in [0.5, 0.6) is 0 Å². The summed E-state index contributed by atoms with van der Waals surface area (Å²) >= 11 is 0. The summed E-state index contributed by atoms with van der Waals surface area (Å²) in [6.45, 7) is 2.14. The standard InChI is InChI=1S/C12H15N3/c13-10-11-6-5-7-12(14-11)15-8-3-1-2-4-9-15/h5-7H,1-4,8-9H2. The molecule has 1 aliphatic rings. The Hall–Kier alpha value is -1.56. The Bertz CT molecular complexity index is 359. The Morgan fingerprint density at radius 2 is 1.87 bits per heavy atom. The Labute approximate surface area is 90.4 Å². The number of anilines is 1. The Kier molecular flexibility index (Phi) is 3.18. The van der Waals surface area contributed by atoms with Gasteiger partial charge in [0.05, 0.1) is 0 Å². The first-order chi connectivity index (χ1) is 7.40. The van der Waals surface area contributed by atoms with Gasteiger partial charge in [-0.15, -0.1) is 0 Å². The minimum Gasteiger partial charge on any atom is -0.357 e. The van der Waals surface area contributed by atoms with E-state index in [1.165, 1.54) is 25.7 Å². The zero-order valence-electron chi connectivity index (χ0n) is 8.82. The van der Waals surface area contributed by atoms with Crippen LogP contribution in [0.4, 0.5) is 5.82 Å². The van der Waals surface area contributed by atoms with E-state index < -0.39 is 0 Å². The van der Waals surface area contributed by atoms with Gasteiger partial charge in [-0.05, 0) is 25.0 Å². The van der Waals surface area contributed by atoms with Crippen molar-refractivity contribution < 1.29 is 0 Å². The minimum absolute atomic E-state index is 0.511. The van der Waals surface area contributed by atoms with E-state index in [4.69, 9.17) is 5.26 Å². The molecule has 0 unspecified atom stereocenters. The fourth-order valence-corrected chi connectivity index (χ4v) is 1.96. The third-order valence-corrected chi connectivity index (χ3v) is 2.78. The molecule has 0 spiro atoms. The highest BCUT2D eigenvalue weighted by molar-refractivity contribution is 5.41. The van der Waals surface area contributed by atoms with Crippen LogP contribution in [0.2, 0.25) is 0 Å². The third kappa shape index (κ3) is 2.47. The van der Waals surface area contributed by atoms with Crippen molar-refractivity contribution in [3.8, 4) is 6.07 Å². The van der Waals surface area contributed by atoms with Crippen LogP contribution in [0, 0.1) is 11.3 Å². The molecule has 1 saturated heterocycles. The summed E-state index contributed by atoms with van der Waals surface area (Å²) in [5, 5.41) is 8.78. The molecular weight excluding hydrogens is 186 g/mol. The molecule has 0 radical (unpaired) electrons. The number of rotatable bonds is 1. The van der Waals surface area contributed by atoms with Crippen LogP contribution < -0.4 is 4.90 Å². The van der Waals surface area contributed by atoms with Gasteiger partial charge in [-0.25, -0.2) is 4.98 Å². The molecule has 15 heavy (non-hydrogen) atoms. The van der Waals surface area contributed by atoms with E-state index in [-0.39, 0.29) is 0 Å². The maximum absolute atomic E-state index is 8.78. The number of aromatic nitrogens is 1. The number of hydrogen-bond donors (Lipinski definition) is 0. The van der Waals surface area contributed by atoms with E-state index >= 15 is 0 Å². The molecule has 0 N–H and O–H groups in total. The van der Waals surface area contributed by atoms with E-state index in [0.29, 0.717) is 5.69 Å². The van der Waals surface area contributed by atoms with Crippen molar-refractivity contribution in [2.45, 2.75) is 25.7 Å². The zero-order valence-corrected chi connectivity index (χ0v) is 8.82. The molecule has 0 saturated carbocycles.